The third-order valence-corrected chi connectivity index (χ3v) is 2.59. The SMILES string of the molecule is COc1ccccc1C(N)c1cnc(C)cn1. The molecule has 0 aliphatic carbocycles. The van der Waals surface area contributed by atoms with Crippen LogP contribution in [0.15, 0.2) is 36.7 Å². The molecule has 0 aliphatic rings. The summed E-state index contributed by atoms with van der Waals surface area (Å²) in [5, 5.41) is 0. The Balaban J connectivity index is 2.36. The number of rotatable bonds is 3. The Morgan fingerprint density at radius 1 is 1.18 bits per heavy atom. The van der Waals surface area contributed by atoms with Gasteiger partial charge in [0.2, 0.25) is 0 Å². The van der Waals surface area contributed by atoms with Crippen LogP contribution in [0.25, 0.3) is 0 Å². The van der Waals surface area contributed by atoms with E-state index in [1.54, 1.807) is 19.5 Å². The summed E-state index contributed by atoms with van der Waals surface area (Å²) in [6, 6.07) is 7.34. The molecular formula is C13H15N3O. The van der Waals surface area contributed by atoms with Crippen molar-refractivity contribution in [1.82, 2.24) is 9.97 Å². The summed E-state index contributed by atoms with van der Waals surface area (Å²) in [6.07, 6.45) is 3.41. The van der Waals surface area contributed by atoms with Crippen LogP contribution in [0.3, 0.4) is 0 Å². The fraction of sp³-hybridized carbons (Fsp3) is 0.231. The van der Waals surface area contributed by atoms with E-state index in [0.29, 0.717) is 0 Å². The van der Waals surface area contributed by atoms with Crippen molar-refractivity contribution in [2.24, 2.45) is 5.73 Å². The van der Waals surface area contributed by atoms with Gasteiger partial charge in [0.25, 0.3) is 0 Å². The molecule has 0 aliphatic heterocycles. The van der Waals surface area contributed by atoms with Crippen LogP contribution in [0.1, 0.15) is 23.0 Å². The highest BCUT2D eigenvalue weighted by Gasteiger charge is 2.14. The van der Waals surface area contributed by atoms with E-state index in [2.05, 4.69) is 9.97 Å². The molecule has 1 aromatic carbocycles. The lowest BCUT2D eigenvalue weighted by atomic mass is 10.0. The predicted molar refractivity (Wildman–Crippen MR) is 65.8 cm³/mol. The van der Waals surface area contributed by atoms with Crippen molar-refractivity contribution >= 4 is 0 Å². The minimum Gasteiger partial charge on any atom is -0.496 e. The second-order valence-electron chi connectivity index (χ2n) is 3.80. The molecule has 4 nitrogen and oxygen atoms in total. The quantitative estimate of drug-likeness (QED) is 0.872. The lowest BCUT2D eigenvalue weighted by Gasteiger charge is -2.14. The van der Waals surface area contributed by atoms with E-state index in [4.69, 9.17) is 10.5 Å². The number of hydrogen-bond acceptors (Lipinski definition) is 4. The molecule has 0 spiro atoms. The highest BCUT2D eigenvalue weighted by atomic mass is 16.5. The number of aromatic nitrogens is 2. The molecule has 0 fully saturated rings. The third-order valence-electron chi connectivity index (χ3n) is 2.59. The Labute approximate surface area is 100 Å². The summed E-state index contributed by atoms with van der Waals surface area (Å²) in [4.78, 5) is 8.48. The number of nitrogens with zero attached hydrogens (tertiary/aromatic N) is 2. The summed E-state index contributed by atoms with van der Waals surface area (Å²) in [5.41, 5.74) is 8.68. The van der Waals surface area contributed by atoms with E-state index in [-0.39, 0.29) is 6.04 Å². The van der Waals surface area contributed by atoms with Crippen molar-refractivity contribution in [1.29, 1.82) is 0 Å². The lowest BCUT2D eigenvalue weighted by Crippen LogP contribution is -2.15. The van der Waals surface area contributed by atoms with Crippen molar-refractivity contribution < 1.29 is 4.74 Å². The van der Waals surface area contributed by atoms with Gasteiger partial charge in [0.05, 0.1) is 30.7 Å². The molecule has 1 aromatic heterocycles. The molecule has 2 aromatic rings. The topological polar surface area (TPSA) is 61.0 Å². The number of hydrogen-bond donors (Lipinski definition) is 1. The summed E-state index contributed by atoms with van der Waals surface area (Å²) in [5.74, 6) is 0.766. The second-order valence-corrected chi connectivity index (χ2v) is 3.80. The number of benzene rings is 1. The first kappa shape index (κ1) is 11.5. The maximum atomic E-state index is 6.16. The predicted octanol–water partition coefficient (Wildman–Crippen LogP) is 1.84. The highest BCUT2D eigenvalue weighted by Crippen LogP contribution is 2.26. The van der Waals surface area contributed by atoms with Crippen LogP contribution in [0, 0.1) is 6.92 Å². The van der Waals surface area contributed by atoms with Gasteiger partial charge in [-0.1, -0.05) is 18.2 Å². The molecule has 1 atom stereocenters. The monoisotopic (exact) mass is 229 g/mol. The lowest BCUT2D eigenvalue weighted by molar-refractivity contribution is 0.407. The Bertz CT molecular complexity index is 496. The number of aryl methyl sites for hydroxylation is 1. The fourth-order valence-electron chi connectivity index (χ4n) is 1.65. The first-order valence-electron chi connectivity index (χ1n) is 5.39. The smallest absolute Gasteiger partial charge is 0.124 e. The average molecular weight is 229 g/mol. The van der Waals surface area contributed by atoms with Gasteiger partial charge in [-0.05, 0) is 13.0 Å². The van der Waals surface area contributed by atoms with E-state index in [1.165, 1.54) is 0 Å². The highest BCUT2D eigenvalue weighted by molar-refractivity contribution is 5.39. The number of nitrogens with two attached hydrogens (primary N) is 1. The zero-order valence-corrected chi connectivity index (χ0v) is 9.92. The summed E-state index contributed by atoms with van der Waals surface area (Å²) in [7, 11) is 1.63. The molecule has 2 rings (SSSR count). The van der Waals surface area contributed by atoms with E-state index < -0.39 is 0 Å². The van der Waals surface area contributed by atoms with Crippen LogP contribution in [-0.2, 0) is 0 Å². The van der Waals surface area contributed by atoms with Crippen molar-refractivity contribution in [2.75, 3.05) is 7.11 Å². The molecule has 2 N–H and O–H groups in total. The van der Waals surface area contributed by atoms with Gasteiger partial charge in [-0.2, -0.15) is 0 Å². The Hall–Kier alpha value is -1.94. The maximum absolute atomic E-state index is 6.16. The van der Waals surface area contributed by atoms with Crippen molar-refractivity contribution in [3.8, 4) is 5.75 Å². The van der Waals surface area contributed by atoms with E-state index in [9.17, 15) is 0 Å². The van der Waals surface area contributed by atoms with Crippen LogP contribution in [0.4, 0.5) is 0 Å². The van der Waals surface area contributed by atoms with Crippen LogP contribution in [0.2, 0.25) is 0 Å². The molecule has 0 saturated carbocycles. The molecule has 0 amide bonds. The van der Waals surface area contributed by atoms with Gasteiger partial charge in [-0.3, -0.25) is 9.97 Å². The molecule has 88 valence electrons. The zero-order valence-electron chi connectivity index (χ0n) is 9.92. The minimum absolute atomic E-state index is 0.320. The van der Waals surface area contributed by atoms with Crippen LogP contribution in [-0.4, -0.2) is 17.1 Å². The average Bonchev–Trinajstić information content (AvgIpc) is 2.39. The largest absolute Gasteiger partial charge is 0.496 e. The van der Waals surface area contributed by atoms with Gasteiger partial charge >= 0.3 is 0 Å². The second kappa shape index (κ2) is 4.93. The Kier molecular flexibility index (Phi) is 3.35. The van der Waals surface area contributed by atoms with E-state index >= 15 is 0 Å². The third kappa shape index (κ3) is 2.42. The summed E-state index contributed by atoms with van der Waals surface area (Å²) >= 11 is 0. The fourth-order valence-corrected chi connectivity index (χ4v) is 1.65. The van der Waals surface area contributed by atoms with Gasteiger partial charge < -0.3 is 10.5 Å². The normalized spacial score (nSPS) is 12.2. The standard InChI is InChI=1S/C13H15N3O/c1-9-7-16-11(8-15-9)13(14)10-5-3-4-6-12(10)17-2/h3-8,13H,14H2,1-2H3. The minimum atomic E-state index is -0.320. The van der Waals surface area contributed by atoms with Gasteiger partial charge in [0.1, 0.15) is 5.75 Å². The van der Waals surface area contributed by atoms with Gasteiger partial charge in [0.15, 0.2) is 0 Å². The molecule has 1 unspecified atom stereocenters. The first-order chi connectivity index (χ1) is 8.22. The molecule has 0 radical (unpaired) electrons. The summed E-state index contributed by atoms with van der Waals surface area (Å²) in [6.45, 7) is 1.89. The molecule has 1 heterocycles. The Morgan fingerprint density at radius 3 is 2.59 bits per heavy atom. The van der Waals surface area contributed by atoms with Crippen molar-refractivity contribution in [2.45, 2.75) is 13.0 Å². The molecule has 0 bridgehead atoms. The summed E-state index contributed by atoms with van der Waals surface area (Å²) < 4.78 is 5.28. The number of ether oxygens (including phenoxy) is 1. The van der Waals surface area contributed by atoms with Crippen molar-refractivity contribution in [3.05, 3.63) is 53.6 Å². The molecule has 4 heteroatoms. The number of methoxy groups -OCH3 is 1. The zero-order chi connectivity index (χ0) is 12.3. The van der Waals surface area contributed by atoms with Crippen LogP contribution >= 0.6 is 0 Å². The van der Waals surface area contributed by atoms with E-state index in [0.717, 1.165) is 22.7 Å². The Morgan fingerprint density at radius 2 is 1.94 bits per heavy atom. The van der Waals surface area contributed by atoms with Gasteiger partial charge in [-0.25, -0.2) is 0 Å². The van der Waals surface area contributed by atoms with Gasteiger partial charge in [-0.15, -0.1) is 0 Å². The van der Waals surface area contributed by atoms with Crippen LogP contribution in [0.5, 0.6) is 5.75 Å². The van der Waals surface area contributed by atoms with Crippen molar-refractivity contribution in [3.63, 3.8) is 0 Å². The maximum Gasteiger partial charge on any atom is 0.124 e. The van der Waals surface area contributed by atoms with E-state index in [1.807, 2.05) is 31.2 Å². The number of para-hydroxylation sites is 1. The van der Waals surface area contributed by atoms with Gasteiger partial charge in [0, 0.05) is 11.8 Å². The molecule has 0 saturated heterocycles. The molecular weight excluding hydrogens is 214 g/mol. The molecule has 17 heavy (non-hydrogen) atoms. The van der Waals surface area contributed by atoms with Crippen LogP contribution < -0.4 is 10.5 Å². The first-order valence-corrected chi connectivity index (χ1v) is 5.39.